The van der Waals surface area contributed by atoms with Crippen LogP contribution in [0.2, 0.25) is 0 Å². The van der Waals surface area contributed by atoms with Crippen molar-refractivity contribution in [2.75, 3.05) is 19.7 Å². The first-order valence-electron chi connectivity index (χ1n) is 9.47. The van der Waals surface area contributed by atoms with Crippen LogP contribution in [0.15, 0.2) is 24.3 Å². The number of benzene rings is 1. The maximum Gasteiger partial charge on any atom is 0.251 e. The molecule has 1 aromatic rings. The van der Waals surface area contributed by atoms with Crippen molar-refractivity contribution < 1.29 is 14.3 Å². The fourth-order valence-corrected chi connectivity index (χ4v) is 3.21. The third kappa shape index (κ3) is 5.21. The van der Waals surface area contributed by atoms with Crippen molar-refractivity contribution in [3.8, 4) is 5.75 Å². The Morgan fingerprint density at radius 3 is 2.64 bits per heavy atom. The summed E-state index contributed by atoms with van der Waals surface area (Å²) in [6, 6.07) is 7.69. The molecular formula is C20H28N2O3. The standard InChI is InChI=1S/C20H28N2O3/c1-2-4-19(23)22-12-3-5-15(13-22)14-25-18-10-6-16(7-11-18)20(24)21-17-8-9-17/h6-7,10-11,15,17H,2-5,8-9,12-14H2,1H3,(H,21,24). The lowest BCUT2D eigenvalue weighted by Gasteiger charge is -2.32. The van der Waals surface area contributed by atoms with Crippen LogP contribution in [0.1, 0.15) is 55.8 Å². The zero-order valence-corrected chi connectivity index (χ0v) is 15.0. The normalized spacial score (nSPS) is 20.2. The molecule has 1 atom stereocenters. The first kappa shape index (κ1) is 17.8. The zero-order chi connectivity index (χ0) is 17.6. The minimum Gasteiger partial charge on any atom is -0.493 e. The van der Waals surface area contributed by atoms with Gasteiger partial charge in [0.1, 0.15) is 5.75 Å². The number of nitrogens with zero attached hydrogens (tertiary/aromatic N) is 1. The predicted molar refractivity (Wildman–Crippen MR) is 96.6 cm³/mol. The molecule has 1 aromatic carbocycles. The van der Waals surface area contributed by atoms with Crippen LogP contribution in [0.5, 0.6) is 5.75 Å². The van der Waals surface area contributed by atoms with E-state index in [0.29, 0.717) is 30.6 Å². The summed E-state index contributed by atoms with van der Waals surface area (Å²) in [4.78, 5) is 26.0. The van der Waals surface area contributed by atoms with Crippen LogP contribution in [0.25, 0.3) is 0 Å². The summed E-state index contributed by atoms with van der Waals surface area (Å²) in [5.74, 6) is 1.41. The van der Waals surface area contributed by atoms with E-state index >= 15 is 0 Å². The lowest BCUT2D eigenvalue weighted by Crippen LogP contribution is -2.41. The summed E-state index contributed by atoms with van der Waals surface area (Å²) >= 11 is 0. The van der Waals surface area contributed by atoms with Crippen molar-refractivity contribution in [3.05, 3.63) is 29.8 Å². The molecule has 1 heterocycles. The summed E-state index contributed by atoms with van der Waals surface area (Å²) in [7, 11) is 0. The van der Waals surface area contributed by atoms with E-state index in [-0.39, 0.29) is 11.8 Å². The van der Waals surface area contributed by atoms with Crippen LogP contribution in [-0.2, 0) is 4.79 Å². The Morgan fingerprint density at radius 1 is 1.20 bits per heavy atom. The van der Waals surface area contributed by atoms with Gasteiger partial charge in [-0.25, -0.2) is 0 Å². The van der Waals surface area contributed by atoms with E-state index in [9.17, 15) is 9.59 Å². The molecule has 1 N–H and O–H groups in total. The van der Waals surface area contributed by atoms with Crippen molar-refractivity contribution in [2.24, 2.45) is 5.92 Å². The monoisotopic (exact) mass is 344 g/mol. The molecule has 2 aliphatic rings. The first-order chi connectivity index (χ1) is 12.2. The maximum atomic E-state index is 12.0. The molecule has 25 heavy (non-hydrogen) atoms. The highest BCUT2D eigenvalue weighted by atomic mass is 16.5. The lowest BCUT2D eigenvalue weighted by atomic mass is 9.98. The van der Waals surface area contributed by atoms with Gasteiger partial charge in [-0.15, -0.1) is 0 Å². The third-order valence-corrected chi connectivity index (χ3v) is 4.85. The number of piperidine rings is 1. The molecule has 0 aromatic heterocycles. The van der Waals surface area contributed by atoms with Gasteiger partial charge in [0.05, 0.1) is 6.61 Å². The van der Waals surface area contributed by atoms with Crippen molar-refractivity contribution in [1.29, 1.82) is 0 Å². The number of nitrogens with one attached hydrogen (secondary N) is 1. The fourth-order valence-electron chi connectivity index (χ4n) is 3.21. The molecule has 5 heteroatoms. The van der Waals surface area contributed by atoms with Crippen LogP contribution >= 0.6 is 0 Å². The van der Waals surface area contributed by atoms with Gasteiger partial charge in [0, 0.05) is 37.0 Å². The van der Waals surface area contributed by atoms with Crippen LogP contribution in [0.3, 0.4) is 0 Å². The van der Waals surface area contributed by atoms with Gasteiger partial charge in [-0.2, -0.15) is 0 Å². The number of rotatable bonds is 7. The van der Waals surface area contributed by atoms with Crippen molar-refractivity contribution >= 4 is 11.8 Å². The number of carbonyl (C=O) groups is 2. The molecule has 1 saturated carbocycles. The Labute approximate surface area is 149 Å². The SMILES string of the molecule is CCCC(=O)N1CCCC(COc2ccc(C(=O)NC3CC3)cc2)C1. The number of likely N-dealkylation sites (tertiary alicyclic amines) is 1. The van der Waals surface area contributed by atoms with Gasteiger partial charge in [0.2, 0.25) is 5.91 Å². The van der Waals surface area contributed by atoms with Crippen LogP contribution in [0.4, 0.5) is 0 Å². The molecule has 0 bridgehead atoms. The second-order valence-corrected chi connectivity index (χ2v) is 7.18. The van der Waals surface area contributed by atoms with E-state index in [4.69, 9.17) is 4.74 Å². The number of ether oxygens (including phenoxy) is 1. The van der Waals surface area contributed by atoms with E-state index in [0.717, 1.165) is 50.9 Å². The van der Waals surface area contributed by atoms with Crippen molar-refractivity contribution in [1.82, 2.24) is 10.2 Å². The van der Waals surface area contributed by atoms with E-state index in [1.165, 1.54) is 0 Å². The summed E-state index contributed by atoms with van der Waals surface area (Å²) in [6.07, 6.45) is 5.86. The molecule has 2 fully saturated rings. The minimum atomic E-state index is -0.00795. The van der Waals surface area contributed by atoms with Gasteiger partial charge in [0.15, 0.2) is 0 Å². The topological polar surface area (TPSA) is 58.6 Å². The number of hydrogen-bond acceptors (Lipinski definition) is 3. The van der Waals surface area contributed by atoms with Gasteiger partial charge in [-0.1, -0.05) is 6.92 Å². The average Bonchev–Trinajstić information content (AvgIpc) is 3.45. The third-order valence-electron chi connectivity index (χ3n) is 4.85. The second kappa shape index (κ2) is 8.37. The molecule has 0 spiro atoms. The van der Waals surface area contributed by atoms with Gasteiger partial charge in [-0.05, 0) is 56.4 Å². The molecule has 2 amide bonds. The number of amides is 2. The highest BCUT2D eigenvalue weighted by molar-refractivity contribution is 5.94. The zero-order valence-electron chi connectivity index (χ0n) is 15.0. The molecule has 1 aliphatic heterocycles. The predicted octanol–water partition coefficient (Wildman–Crippen LogP) is 3.00. The molecule has 3 rings (SSSR count). The van der Waals surface area contributed by atoms with Crippen molar-refractivity contribution in [2.45, 2.75) is 51.5 Å². The lowest BCUT2D eigenvalue weighted by molar-refractivity contribution is -0.133. The maximum absolute atomic E-state index is 12.0. The molecule has 5 nitrogen and oxygen atoms in total. The Kier molecular flexibility index (Phi) is 5.95. The highest BCUT2D eigenvalue weighted by Gasteiger charge is 2.24. The molecule has 0 radical (unpaired) electrons. The van der Waals surface area contributed by atoms with E-state index in [2.05, 4.69) is 5.32 Å². The fraction of sp³-hybridized carbons (Fsp3) is 0.600. The average molecular weight is 344 g/mol. The summed E-state index contributed by atoms with van der Waals surface area (Å²) in [5.41, 5.74) is 0.674. The molecule has 1 saturated heterocycles. The first-order valence-corrected chi connectivity index (χ1v) is 9.47. The largest absolute Gasteiger partial charge is 0.493 e. The summed E-state index contributed by atoms with van der Waals surface area (Å²) in [6.45, 7) is 4.32. The molecular weight excluding hydrogens is 316 g/mol. The summed E-state index contributed by atoms with van der Waals surface area (Å²) in [5, 5.41) is 2.98. The van der Waals surface area contributed by atoms with Gasteiger partial charge < -0.3 is 15.0 Å². The van der Waals surface area contributed by atoms with Crippen molar-refractivity contribution in [3.63, 3.8) is 0 Å². The van der Waals surface area contributed by atoms with Gasteiger partial charge in [0.25, 0.3) is 5.91 Å². The van der Waals surface area contributed by atoms with Gasteiger partial charge in [-0.3, -0.25) is 9.59 Å². The van der Waals surface area contributed by atoms with Crippen LogP contribution in [-0.4, -0.2) is 42.5 Å². The van der Waals surface area contributed by atoms with Gasteiger partial charge >= 0.3 is 0 Å². The second-order valence-electron chi connectivity index (χ2n) is 7.18. The Morgan fingerprint density at radius 2 is 1.96 bits per heavy atom. The highest BCUT2D eigenvalue weighted by Crippen LogP contribution is 2.21. The number of hydrogen-bond donors (Lipinski definition) is 1. The molecule has 1 unspecified atom stereocenters. The number of carbonyl (C=O) groups excluding carboxylic acids is 2. The quantitative estimate of drug-likeness (QED) is 0.827. The molecule has 136 valence electrons. The van der Waals surface area contributed by atoms with Crippen LogP contribution in [0, 0.1) is 5.92 Å². The smallest absolute Gasteiger partial charge is 0.251 e. The Hall–Kier alpha value is -2.04. The van der Waals surface area contributed by atoms with Crippen LogP contribution < -0.4 is 10.1 Å². The van der Waals surface area contributed by atoms with E-state index in [1.54, 1.807) is 0 Å². The van der Waals surface area contributed by atoms with E-state index in [1.807, 2.05) is 36.1 Å². The Balaban J connectivity index is 1.46. The summed E-state index contributed by atoms with van der Waals surface area (Å²) < 4.78 is 5.89. The molecule has 1 aliphatic carbocycles. The van der Waals surface area contributed by atoms with E-state index < -0.39 is 0 Å². The Bertz CT molecular complexity index is 595. The minimum absolute atomic E-state index is 0.00795.